The third-order valence-corrected chi connectivity index (χ3v) is 3.83. The van der Waals surface area contributed by atoms with Gasteiger partial charge in [0, 0.05) is 6.42 Å². The van der Waals surface area contributed by atoms with Crippen LogP contribution in [0.3, 0.4) is 0 Å². The first kappa shape index (κ1) is 26.1. The summed E-state index contributed by atoms with van der Waals surface area (Å²) >= 11 is 0. The molecule has 0 saturated carbocycles. The van der Waals surface area contributed by atoms with Crippen molar-refractivity contribution in [1.29, 1.82) is 0 Å². The smallest absolute Gasteiger partial charge is 0.790 e. The van der Waals surface area contributed by atoms with E-state index in [4.69, 9.17) is 10.5 Å². The number of nitrogens with two attached hydrogens (primary N) is 1. The summed E-state index contributed by atoms with van der Waals surface area (Å²) in [6.07, 6.45) is -1.50. The second-order valence-electron chi connectivity index (χ2n) is 4.95. The minimum Gasteiger partial charge on any atom is -0.790 e. The molecule has 0 spiro atoms. The van der Waals surface area contributed by atoms with Crippen LogP contribution in [-0.2, 0) is 13.8 Å². The first-order chi connectivity index (χ1) is 10.7. The van der Waals surface area contributed by atoms with E-state index in [0.717, 1.165) is 0 Å². The van der Waals surface area contributed by atoms with Crippen molar-refractivity contribution in [3.05, 3.63) is 16.7 Å². The van der Waals surface area contributed by atoms with E-state index in [1.165, 1.54) is 10.9 Å². The van der Waals surface area contributed by atoms with E-state index >= 15 is 0 Å². The summed E-state index contributed by atoms with van der Waals surface area (Å²) in [4.78, 5) is 42.8. The number of aliphatic hydroxyl groups is 1. The minimum absolute atomic E-state index is 0. The molecule has 1 fully saturated rings. The summed E-state index contributed by atoms with van der Waals surface area (Å²) < 4.78 is 21.5. The number of nitrogens with one attached hydrogen (secondary N) is 1. The monoisotopic (exact) mass is 409 g/mol. The Hall–Kier alpha value is 0.140. The summed E-state index contributed by atoms with van der Waals surface area (Å²) in [5.41, 5.74) is 5.16. The van der Waals surface area contributed by atoms with Crippen LogP contribution >= 0.6 is 7.82 Å². The van der Waals surface area contributed by atoms with Crippen LogP contribution in [0.1, 0.15) is 12.6 Å². The van der Waals surface area contributed by atoms with Gasteiger partial charge >= 0.3 is 59.1 Å². The van der Waals surface area contributed by atoms with E-state index < -0.39 is 38.4 Å². The number of anilines is 1. The fraction of sp³-hybridized carbons (Fsp3) is 0.500. The summed E-state index contributed by atoms with van der Waals surface area (Å²) in [6, 6.07) is 0. The van der Waals surface area contributed by atoms with Gasteiger partial charge in [0.05, 0.1) is 26.9 Å². The van der Waals surface area contributed by atoms with Gasteiger partial charge in [0.15, 0.2) is 11.2 Å². The average Bonchev–Trinajstić information content (AvgIpc) is 2.99. The molecule has 13 nitrogen and oxygen atoms in total. The molecule has 2 aromatic rings. The number of fused-ring (bicyclic) bond motifs is 1. The molecule has 134 valence electrons. The molecule has 0 radical (unpaired) electrons. The van der Waals surface area contributed by atoms with Crippen LogP contribution in [0.5, 0.6) is 0 Å². The number of phosphoric ester groups is 1. The Bertz CT molecular complexity index is 840. The standard InChI is InChI=1S/C10H14N5O7P.2Na.H2O/c11-10-13-8-7(9(17)14-10)12-3-15(8)6-1-4(16)5(22-6)2-21-23(18,19)20;;;/h3-6,16H,1-2H2,(H2,18,19,20)(H3,11,13,14,17);;;1H2/q;2*+1;/p-2. The first-order valence-corrected chi connectivity index (χ1v) is 7.93. The average molecular weight is 409 g/mol. The third kappa shape index (κ3) is 5.82. The van der Waals surface area contributed by atoms with Gasteiger partial charge in [-0.3, -0.25) is 14.3 Å². The van der Waals surface area contributed by atoms with Crippen molar-refractivity contribution in [2.75, 3.05) is 12.3 Å². The van der Waals surface area contributed by atoms with Crippen LogP contribution in [0.25, 0.3) is 11.2 Å². The zero-order chi connectivity index (χ0) is 16.8. The van der Waals surface area contributed by atoms with Crippen molar-refractivity contribution in [3.63, 3.8) is 0 Å². The van der Waals surface area contributed by atoms with Crippen LogP contribution in [0, 0.1) is 0 Å². The summed E-state index contributed by atoms with van der Waals surface area (Å²) in [5.74, 6) is -0.110. The number of phosphoric acid groups is 1. The molecule has 16 heteroatoms. The van der Waals surface area contributed by atoms with Gasteiger partial charge in [-0.25, -0.2) is 4.98 Å². The van der Waals surface area contributed by atoms with E-state index in [2.05, 4.69) is 19.5 Å². The molecule has 6 N–H and O–H groups in total. The summed E-state index contributed by atoms with van der Waals surface area (Å²) in [6.45, 7) is -0.606. The molecule has 3 rings (SSSR count). The molecular weight excluding hydrogens is 395 g/mol. The number of nitrogen functional groups attached to an aromatic ring is 1. The first-order valence-electron chi connectivity index (χ1n) is 6.47. The quantitative estimate of drug-likeness (QED) is 0.319. The molecule has 0 amide bonds. The van der Waals surface area contributed by atoms with Gasteiger partial charge in [-0.1, -0.05) is 0 Å². The Morgan fingerprint density at radius 2 is 2.15 bits per heavy atom. The molecule has 1 saturated heterocycles. The number of imidazole rings is 1. The number of ether oxygens (including phenoxy) is 1. The van der Waals surface area contributed by atoms with E-state index in [1.807, 2.05) is 0 Å². The van der Waals surface area contributed by atoms with Crippen molar-refractivity contribution < 1.29 is 93.3 Å². The van der Waals surface area contributed by atoms with Gasteiger partial charge in [0.25, 0.3) is 5.56 Å². The van der Waals surface area contributed by atoms with Gasteiger partial charge in [-0.2, -0.15) is 4.98 Å². The zero-order valence-corrected chi connectivity index (χ0v) is 18.9. The predicted octanol–water partition coefficient (Wildman–Crippen LogP) is -9.62. The molecule has 0 aliphatic carbocycles. The predicted molar refractivity (Wildman–Crippen MR) is 74.3 cm³/mol. The van der Waals surface area contributed by atoms with Crippen LogP contribution in [-0.4, -0.2) is 48.9 Å². The maximum absolute atomic E-state index is 11.7. The maximum Gasteiger partial charge on any atom is 1.00 e. The van der Waals surface area contributed by atoms with E-state index in [9.17, 15) is 24.3 Å². The number of hydrogen-bond donors (Lipinski definition) is 3. The summed E-state index contributed by atoms with van der Waals surface area (Å²) in [7, 11) is -5.16. The van der Waals surface area contributed by atoms with Gasteiger partial charge in [-0.05, 0) is 0 Å². The largest absolute Gasteiger partial charge is 1.00 e. The molecule has 0 aromatic carbocycles. The fourth-order valence-electron chi connectivity index (χ4n) is 2.35. The van der Waals surface area contributed by atoms with Crippen LogP contribution in [0.4, 0.5) is 5.95 Å². The van der Waals surface area contributed by atoms with Crippen LogP contribution in [0.2, 0.25) is 0 Å². The Morgan fingerprint density at radius 1 is 1.50 bits per heavy atom. The number of aromatic nitrogens is 4. The van der Waals surface area contributed by atoms with E-state index in [-0.39, 0.29) is 88.1 Å². The molecular formula is C10H14N5Na2O8P. The van der Waals surface area contributed by atoms with Crippen LogP contribution in [0.15, 0.2) is 11.1 Å². The summed E-state index contributed by atoms with van der Waals surface area (Å²) in [5, 5.41) is 9.89. The van der Waals surface area contributed by atoms with Crippen molar-refractivity contribution in [1.82, 2.24) is 19.5 Å². The Labute approximate surface area is 190 Å². The normalized spacial score (nSPS) is 22.3. The molecule has 26 heavy (non-hydrogen) atoms. The number of aromatic amines is 1. The molecule has 3 unspecified atom stereocenters. The Morgan fingerprint density at radius 3 is 2.77 bits per heavy atom. The Kier molecular flexibility index (Phi) is 10.1. The zero-order valence-electron chi connectivity index (χ0n) is 14.0. The molecule has 1 aliphatic heterocycles. The number of H-pyrrole nitrogens is 1. The SMILES string of the molecule is Nc1nc2c(ncn2C2CC(O)C(COP(=O)([O-])[O-])O2)c(=O)[nH]1.O.[Na+].[Na+]. The molecule has 3 heterocycles. The number of aliphatic hydroxyl groups excluding tert-OH is 1. The third-order valence-electron chi connectivity index (χ3n) is 3.36. The van der Waals surface area contributed by atoms with Crippen molar-refractivity contribution in [2.24, 2.45) is 0 Å². The van der Waals surface area contributed by atoms with E-state index in [1.54, 1.807) is 0 Å². The van der Waals surface area contributed by atoms with E-state index in [0.29, 0.717) is 0 Å². The van der Waals surface area contributed by atoms with Crippen LogP contribution < -0.4 is 80.2 Å². The second-order valence-corrected chi connectivity index (χ2v) is 6.10. The van der Waals surface area contributed by atoms with Crippen molar-refractivity contribution in [2.45, 2.75) is 24.9 Å². The fourth-order valence-corrected chi connectivity index (χ4v) is 2.68. The van der Waals surface area contributed by atoms with Gasteiger partial charge in [0.2, 0.25) is 5.95 Å². The second kappa shape index (κ2) is 10.1. The molecule has 0 bridgehead atoms. The topological polar surface area (TPSA) is 223 Å². The number of rotatable bonds is 4. The van der Waals surface area contributed by atoms with Crippen molar-refractivity contribution in [3.8, 4) is 0 Å². The number of hydrogen-bond acceptors (Lipinski definition) is 10. The molecule has 1 aliphatic rings. The molecule has 3 atom stereocenters. The van der Waals surface area contributed by atoms with Crippen molar-refractivity contribution >= 4 is 24.9 Å². The number of nitrogens with zero attached hydrogens (tertiary/aromatic N) is 3. The Balaban J connectivity index is 0.00000208. The minimum atomic E-state index is -5.16. The van der Waals surface area contributed by atoms with Gasteiger partial charge < -0.3 is 39.9 Å². The maximum atomic E-state index is 11.7. The van der Waals surface area contributed by atoms with Gasteiger partial charge in [0.1, 0.15) is 12.3 Å². The molecule has 2 aromatic heterocycles. The van der Waals surface area contributed by atoms with Gasteiger partial charge in [-0.15, -0.1) is 0 Å².